The third kappa shape index (κ3) is 3.80. The van der Waals surface area contributed by atoms with Gasteiger partial charge in [0.25, 0.3) is 0 Å². The SMILES string of the molecule is O=C(CN1C[C@@H]2C[C@@](O)(Cc3ccccc3)C[C@@H]2C1)c1cc(F)c(O)c(F)c1. The largest absolute Gasteiger partial charge is 0.503 e. The van der Waals surface area contributed by atoms with Gasteiger partial charge in [-0.2, -0.15) is 0 Å². The average molecular weight is 387 g/mol. The molecule has 0 spiro atoms. The molecule has 2 fully saturated rings. The maximum atomic E-state index is 13.5. The molecule has 0 amide bonds. The maximum Gasteiger partial charge on any atom is 0.187 e. The van der Waals surface area contributed by atoms with Crippen molar-refractivity contribution in [3.63, 3.8) is 0 Å². The zero-order valence-corrected chi connectivity index (χ0v) is 15.4. The molecule has 0 radical (unpaired) electrons. The van der Waals surface area contributed by atoms with E-state index >= 15 is 0 Å². The van der Waals surface area contributed by atoms with Gasteiger partial charge in [0.05, 0.1) is 12.1 Å². The zero-order valence-electron chi connectivity index (χ0n) is 15.4. The number of benzene rings is 2. The Labute approximate surface area is 162 Å². The highest BCUT2D eigenvalue weighted by molar-refractivity contribution is 5.97. The third-order valence-corrected chi connectivity index (χ3v) is 6.02. The number of likely N-dealkylation sites (tertiary alicyclic amines) is 1. The number of fused-ring (bicyclic) bond motifs is 1. The highest BCUT2D eigenvalue weighted by atomic mass is 19.1. The van der Waals surface area contributed by atoms with Crippen molar-refractivity contribution in [3.05, 3.63) is 65.2 Å². The van der Waals surface area contributed by atoms with Crippen LogP contribution >= 0.6 is 0 Å². The van der Waals surface area contributed by atoms with Crippen molar-refractivity contribution < 1.29 is 23.8 Å². The van der Waals surface area contributed by atoms with E-state index in [1.165, 1.54) is 0 Å². The minimum Gasteiger partial charge on any atom is -0.503 e. The molecule has 4 rings (SSSR count). The summed E-state index contributed by atoms with van der Waals surface area (Å²) in [5.41, 5.74) is 0.328. The van der Waals surface area contributed by atoms with Crippen LogP contribution in [0.15, 0.2) is 42.5 Å². The van der Waals surface area contributed by atoms with Crippen LogP contribution in [0.2, 0.25) is 0 Å². The van der Waals surface area contributed by atoms with Gasteiger partial charge in [-0.15, -0.1) is 0 Å². The van der Waals surface area contributed by atoms with Crippen molar-refractivity contribution in [2.45, 2.75) is 24.9 Å². The lowest BCUT2D eigenvalue weighted by atomic mass is 9.91. The molecule has 1 aliphatic heterocycles. The second-order valence-electron chi connectivity index (χ2n) is 8.22. The predicted molar refractivity (Wildman–Crippen MR) is 100 cm³/mol. The molecule has 1 saturated carbocycles. The van der Waals surface area contributed by atoms with Crippen LogP contribution in [0.1, 0.15) is 28.8 Å². The first-order chi connectivity index (χ1) is 13.3. The number of hydrogen-bond acceptors (Lipinski definition) is 4. The Morgan fingerprint density at radius 1 is 1.07 bits per heavy atom. The predicted octanol–water partition coefficient (Wildman–Crippen LogP) is 3.17. The number of carbonyl (C=O) groups excluding carboxylic acids is 1. The molecule has 1 saturated heterocycles. The van der Waals surface area contributed by atoms with Crippen molar-refractivity contribution in [1.82, 2.24) is 4.90 Å². The van der Waals surface area contributed by atoms with E-state index in [9.17, 15) is 18.7 Å². The van der Waals surface area contributed by atoms with Crippen molar-refractivity contribution in [2.24, 2.45) is 11.8 Å². The number of rotatable bonds is 5. The first-order valence-corrected chi connectivity index (χ1v) is 9.53. The van der Waals surface area contributed by atoms with Crippen LogP contribution in [-0.2, 0) is 6.42 Å². The number of hydrogen-bond donors (Lipinski definition) is 2. The van der Waals surface area contributed by atoms with E-state index < -0.39 is 23.0 Å². The fourth-order valence-electron chi connectivity index (χ4n) is 4.83. The summed E-state index contributed by atoms with van der Waals surface area (Å²) in [4.78, 5) is 14.4. The fourth-order valence-corrected chi connectivity index (χ4v) is 4.83. The van der Waals surface area contributed by atoms with Crippen LogP contribution in [0.25, 0.3) is 0 Å². The summed E-state index contributed by atoms with van der Waals surface area (Å²) in [5, 5.41) is 20.2. The van der Waals surface area contributed by atoms with Crippen LogP contribution in [0.5, 0.6) is 5.75 Å². The van der Waals surface area contributed by atoms with Gasteiger partial charge in [0, 0.05) is 25.1 Å². The highest BCUT2D eigenvalue weighted by Gasteiger charge is 2.48. The fraction of sp³-hybridized carbons (Fsp3) is 0.409. The van der Waals surface area contributed by atoms with E-state index in [4.69, 9.17) is 5.11 Å². The van der Waals surface area contributed by atoms with Gasteiger partial charge in [-0.1, -0.05) is 30.3 Å². The van der Waals surface area contributed by atoms with Gasteiger partial charge in [-0.3, -0.25) is 9.69 Å². The lowest BCUT2D eigenvalue weighted by Gasteiger charge is -2.26. The topological polar surface area (TPSA) is 60.8 Å². The number of aliphatic hydroxyl groups is 1. The van der Waals surface area contributed by atoms with Gasteiger partial charge in [0.2, 0.25) is 0 Å². The number of carbonyl (C=O) groups is 1. The summed E-state index contributed by atoms with van der Waals surface area (Å²) in [6, 6.07) is 11.7. The van der Waals surface area contributed by atoms with Crippen molar-refractivity contribution in [1.29, 1.82) is 0 Å². The minimum atomic E-state index is -1.13. The molecule has 2 N–H and O–H groups in total. The molecule has 0 aromatic heterocycles. The van der Waals surface area contributed by atoms with Gasteiger partial charge in [0.15, 0.2) is 23.2 Å². The molecular formula is C22H23F2NO3. The summed E-state index contributed by atoms with van der Waals surface area (Å²) >= 11 is 0. The molecule has 0 unspecified atom stereocenters. The van der Waals surface area contributed by atoms with E-state index in [-0.39, 0.29) is 17.9 Å². The second-order valence-corrected chi connectivity index (χ2v) is 8.22. The number of Topliss-reactive ketones (excluding diaryl/α,β-unsaturated/α-hetero) is 1. The standard InChI is InChI=1S/C22H23F2NO3/c23-18-6-15(7-19(24)21(18)27)20(26)13-25-11-16-9-22(28,10-17(16)12-25)8-14-4-2-1-3-5-14/h1-7,16-17,27-28H,8-13H2/t16-,17+,22-. The quantitative estimate of drug-likeness (QED) is 0.774. The smallest absolute Gasteiger partial charge is 0.187 e. The Morgan fingerprint density at radius 2 is 1.64 bits per heavy atom. The summed E-state index contributed by atoms with van der Waals surface area (Å²) < 4.78 is 27.0. The molecule has 2 aromatic rings. The average Bonchev–Trinajstić information content (AvgIpc) is 3.13. The highest BCUT2D eigenvalue weighted by Crippen LogP contribution is 2.45. The summed E-state index contributed by atoms with van der Waals surface area (Å²) in [5.74, 6) is -3.08. The van der Waals surface area contributed by atoms with E-state index in [0.29, 0.717) is 44.2 Å². The molecular weight excluding hydrogens is 364 g/mol. The van der Waals surface area contributed by atoms with Crippen LogP contribution in [0.3, 0.4) is 0 Å². The van der Waals surface area contributed by atoms with Crippen molar-refractivity contribution in [2.75, 3.05) is 19.6 Å². The van der Waals surface area contributed by atoms with Crippen LogP contribution < -0.4 is 0 Å². The van der Waals surface area contributed by atoms with Crippen molar-refractivity contribution in [3.8, 4) is 5.75 Å². The van der Waals surface area contributed by atoms with Gasteiger partial charge in [0.1, 0.15) is 0 Å². The monoisotopic (exact) mass is 387 g/mol. The maximum absolute atomic E-state index is 13.5. The Balaban J connectivity index is 1.36. The molecule has 28 heavy (non-hydrogen) atoms. The summed E-state index contributed by atoms with van der Waals surface area (Å²) in [6.07, 6.45) is 2.02. The van der Waals surface area contributed by atoms with E-state index in [2.05, 4.69) is 0 Å². The number of aromatic hydroxyl groups is 1. The van der Waals surface area contributed by atoms with Gasteiger partial charge >= 0.3 is 0 Å². The minimum absolute atomic E-state index is 0.0772. The number of nitrogens with zero attached hydrogens (tertiary/aromatic N) is 1. The number of phenolic OH excluding ortho intramolecular Hbond substituents is 1. The van der Waals surface area contributed by atoms with E-state index in [1.807, 2.05) is 35.2 Å². The Kier molecular flexibility index (Phi) is 4.93. The lowest BCUT2D eigenvalue weighted by molar-refractivity contribution is 0.0355. The van der Waals surface area contributed by atoms with E-state index in [1.54, 1.807) is 0 Å². The lowest BCUT2D eigenvalue weighted by Crippen LogP contribution is -2.34. The molecule has 2 aliphatic rings. The molecule has 3 atom stereocenters. The molecule has 1 heterocycles. The molecule has 0 bridgehead atoms. The Hall–Kier alpha value is -2.31. The summed E-state index contributed by atoms with van der Waals surface area (Å²) in [6.45, 7) is 1.46. The van der Waals surface area contributed by atoms with Gasteiger partial charge in [-0.05, 0) is 42.4 Å². The number of ketones is 1. The molecule has 1 aliphatic carbocycles. The molecule has 6 heteroatoms. The summed E-state index contributed by atoms with van der Waals surface area (Å²) in [7, 11) is 0. The number of halogens is 2. The third-order valence-electron chi connectivity index (χ3n) is 6.02. The van der Waals surface area contributed by atoms with Crippen LogP contribution in [-0.4, -0.2) is 46.1 Å². The molecule has 4 nitrogen and oxygen atoms in total. The Morgan fingerprint density at radius 3 is 2.21 bits per heavy atom. The van der Waals surface area contributed by atoms with E-state index in [0.717, 1.165) is 17.7 Å². The second kappa shape index (κ2) is 7.26. The Bertz CT molecular complexity index is 850. The zero-order chi connectivity index (χ0) is 19.9. The van der Waals surface area contributed by atoms with Crippen LogP contribution in [0, 0.1) is 23.5 Å². The molecule has 148 valence electrons. The normalized spacial score (nSPS) is 27.1. The van der Waals surface area contributed by atoms with Crippen LogP contribution in [0.4, 0.5) is 8.78 Å². The van der Waals surface area contributed by atoms with Crippen molar-refractivity contribution >= 4 is 5.78 Å². The molecule has 2 aromatic carbocycles. The first-order valence-electron chi connectivity index (χ1n) is 9.53. The number of phenols is 1. The first kappa shape index (κ1) is 19.0. The van der Waals surface area contributed by atoms with Gasteiger partial charge < -0.3 is 10.2 Å². The van der Waals surface area contributed by atoms with Gasteiger partial charge in [-0.25, -0.2) is 8.78 Å².